The van der Waals surface area contributed by atoms with Crippen LogP contribution in [0.15, 0.2) is 0 Å². The lowest BCUT2D eigenvalue weighted by Gasteiger charge is -2.54. The minimum Gasteiger partial charge on any atom is -0.371 e. The predicted molar refractivity (Wildman–Crippen MR) is 302 cm³/mol. The maximum Gasteiger partial charge on any atom is 0.124 e. The van der Waals surface area contributed by atoms with E-state index in [4.69, 9.17) is 18.9 Å². The van der Waals surface area contributed by atoms with E-state index in [0.29, 0.717) is 23.7 Å². The van der Waals surface area contributed by atoms with Gasteiger partial charge in [-0.15, -0.1) is 0 Å². The van der Waals surface area contributed by atoms with Crippen LogP contribution in [0, 0.1) is 107 Å². The molecule has 8 N–H and O–H groups in total. The van der Waals surface area contributed by atoms with E-state index in [1.807, 2.05) is 0 Å². The topological polar surface area (TPSA) is 167 Å². The van der Waals surface area contributed by atoms with Gasteiger partial charge in [-0.3, -0.25) is 42.5 Å². The Morgan fingerprint density at radius 1 is 0.303 bits per heavy atom. The molecule has 0 spiro atoms. The van der Waals surface area contributed by atoms with Gasteiger partial charge in [0.15, 0.2) is 0 Å². The summed E-state index contributed by atoms with van der Waals surface area (Å²) >= 11 is 0. The molecule has 0 aromatic rings. The van der Waals surface area contributed by atoms with Gasteiger partial charge < -0.3 is 28.5 Å². The highest BCUT2D eigenvalue weighted by Gasteiger charge is 2.65. The van der Waals surface area contributed by atoms with Crippen molar-refractivity contribution >= 4 is 12.6 Å². The van der Waals surface area contributed by atoms with Crippen LogP contribution in [0.25, 0.3) is 0 Å². The fourth-order valence-corrected chi connectivity index (χ4v) is 18.2. The van der Waals surface area contributed by atoms with Gasteiger partial charge in [0.1, 0.15) is 24.8 Å². The van der Waals surface area contributed by atoms with Crippen molar-refractivity contribution in [1.82, 2.24) is 42.5 Å². The summed E-state index contributed by atoms with van der Waals surface area (Å²) in [6.07, 6.45) is 11.4. The average Bonchev–Trinajstić information content (AvgIpc) is 4.15. The molecule has 9 fully saturated rings. The van der Waals surface area contributed by atoms with Gasteiger partial charge in [-0.1, -0.05) is 136 Å². The number of fused-ring (bicyclic) bond motifs is 20. The van der Waals surface area contributed by atoms with E-state index in [1.165, 1.54) is 51.4 Å². The van der Waals surface area contributed by atoms with Crippen molar-refractivity contribution in [1.29, 1.82) is 0 Å². The van der Waals surface area contributed by atoms with Crippen LogP contribution in [-0.4, -0.2) is 111 Å². The summed E-state index contributed by atoms with van der Waals surface area (Å²) in [5.74, 6) is 3.03. The van der Waals surface area contributed by atoms with Crippen LogP contribution in [0.4, 0.5) is 0 Å². The summed E-state index contributed by atoms with van der Waals surface area (Å²) in [6, 6.07) is 0. The zero-order valence-corrected chi connectivity index (χ0v) is 50.3. The molecule has 0 aromatic heterocycles. The summed E-state index contributed by atoms with van der Waals surface area (Å²) in [6.45, 7) is 36.9. The van der Waals surface area contributed by atoms with Crippen LogP contribution >= 0.6 is 0 Å². The highest BCUT2D eigenvalue weighted by molar-refractivity contribution is 5.66. The minimum absolute atomic E-state index is 0.0434. The third-order valence-electron chi connectivity index (χ3n) is 21.2. The van der Waals surface area contributed by atoms with Crippen molar-refractivity contribution in [2.45, 2.75) is 273 Å². The highest BCUT2D eigenvalue weighted by atomic mass is 16.6. The lowest BCUT2D eigenvalue weighted by atomic mass is 9.67. The Balaban J connectivity index is 1.25. The third-order valence-corrected chi connectivity index (χ3v) is 21.2. The molecule has 8 bridgehead atoms. The molecule has 9 rings (SSSR count). The summed E-state index contributed by atoms with van der Waals surface area (Å²) in [7, 11) is 0. The largest absolute Gasteiger partial charge is 0.371 e. The standard InChI is InChI=1S/C62H112N8O6/c1-29(2)47(30(3)4)73-51-45-46(52(74-48(31(5)6)32(7)8)54(76-50(35(13)14)36(15)16)53(51)75-49(33(9)10)34(11)12)62-69-60-44-42(26-25-37(27-71)43(44)28-72)59(68-60)66-57-39-22-18-17-21-38(39)55(64-57)63-56-40-23-19-20-24-41(40)58(65-56)67-61(45)70-62/h27-70H,17-26H2,1-16H3. The van der Waals surface area contributed by atoms with Crippen LogP contribution in [0.1, 0.15) is 175 Å². The van der Waals surface area contributed by atoms with Crippen LogP contribution in [-0.2, 0) is 28.5 Å². The molecule has 5 heterocycles. The zero-order valence-electron chi connectivity index (χ0n) is 50.3. The molecule has 22 atom stereocenters. The van der Waals surface area contributed by atoms with E-state index in [0.717, 1.165) is 25.4 Å². The maximum absolute atomic E-state index is 13.6. The number of carbonyl (C=O) groups is 2. The van der Waals surface area contributed by atoms with Gasteiger partial charge in [0.2, 0.25) is 0 Å². The zero-order chi connectivity index (χ0) is 54.6. The normalized spacial score (nSPS) is 42.7. The van der Waals surface area contributed by atoms with Crippen molar-refractivity contribution < 1.29 is 28.5 Å². The van der Waals surface area contributed by atoms with Crippen molar-refractivity contribution in [3.8, 4) is 0 Å². The number of ether oxygens (including phenoxy) is 4. The SMILES string of the molecule is CC(C)C(OC1C(OC(C(C)C)C(C)C)C(OC(C(C)C)C(C)C)C2C3NC4NC(NC5NC(NC6NC(NC(N3)C2C1OC(C(C)C)C(C)C)C1CCCCC61)C1CCCCC51)C1CCC(C=O)C(C=O)C41)C(C)C. The number of nitrogens with one attached hydrogen (secondary N) is 8. The highest BCUT2D eigenvalue weighted by Crippen LogP contribution is 2.51. The first-order valence-electron chi connectivity index (χ1n) is 31.8. The lowest BCUT2D eigenvalue weighted by Crippen LogP contribution is -2.68. The second-order valence-corrected chi connectivity index (χ2v) is 29.1. The van der Waals surface area contributed by atoms with Crippen LogP contribution in [0.3, 0.4) is 0 Å². The molecular formula is C62H112N8O6. The first-order chi connectivity index (χ1) is 36.2. The van der Waals surface area contributed by atoms with Gasteiger partial charge in [0.05, 0.1) is 86.0 Å². The summed E-state index contributed by atoms with van der Waals surface area (Å²) < 4.78 is 31.9. The second kappa shape index (κ2) is 25.2. The van der Waals surface area contributed by atoms with Crippen molar-refractivity contribution in [2.24, 2.45) is 107 Å². The molecule has 22 unspecified atom stereocenters. The first-order valence-corrected chi connectivity index (χ1v) is 31.8. The van der Waals surface area contributed by atoms with Crippen LogP contribution < -0.4 is 42.5 Å². The molecule has 5 aliphatic heterocycles. The molecular weight excluding hydrogens is 953 g/mol. The Hall–Kier alpha value is -1.14. The quantitative estimate of drug-likeness (QED) is 0.0620. The van der Waals surface area contributed by atoms with E-state index in [2.05, 4.69) is 153 Å². The van der Waals surface area contributed by atoms with Gasteiger partial charge >= 0.3 is 0 Å². The number of rotatable bonds is 18. The Kier molecular flexibility index (Phi) is 19.7. The van der Waals surface area contributed by atoms with Gasteiger partial charge in [-0.25, -0.2) is 0 Å². The number of carbonyl (C=O) groups excluding carboxylic acids is 2. The summed E-state index contributed by atoms with van der Waals surface area (Å²) in [4.78, 5) is 26.6. The Morgan fingerprint density at radius 3 is 0.855 bits per heavy atom. The number of hydrogen-bond donors (Lipinski definition) is 8. The lowest BCUT2D eigenvalue weighted by molar-refractivity contribution is -0.288. The molecule has 5 saturated heterocycles. The van der Waals surface area contributed by atoms with E-state index in [9.17, 15) is 9.59 Å². The maximum atomic E-state index is 13.6. The molecule has 14 heteroatoms. The summed E-state index contributed by atoms with van der Waals surface area (Å²) in [5.41, 5.74) is 0. The van der Waals surface area contributed by atoms with Gasteiger partial charge in [-0.05, 0) is 115 Å². The van der Waals surface area contributed by atoms with Crippen LogP contribution in [0.5, 0.6) is 0 Å². The van der Waals surface area contributed by atoms with Gasteiger partial charge in [-0.2, -0.15) is 0 Å². The Morgan fingerprint density at radius 2 is 0.566 bits per heavy atom. The molecule has 436 valence electrons. The van der Waals surface area contributed by atoms with Crippen molar-refractivity contribution in [3.05, 3.63) is 0 Å². The van der Waals surface area contributed by atoms with E-state index >= 15 is 0 Å². The first kappa shape index (κ1) is 59.5. The van der Waals surface area contributed by atoms with E-state index < -0.39 is 24.2 Å². The van der Waals surface area contributed by atoms with Gasteiger partial charge in [0, 0.05) is 29.6 Å². The molecule has 76 heavy (non-hydrogen) atoms. The number of aldehydes is 2. The van der Waals surface area contributed by atoms with E-state index in [1.54, 1.807) is 0 Å². The monoisotopic (exact) mass is 1060 g/mol. The Bertz CT molecular complexity index is 1840. The van der Waals surface area contributed by atoms with Gasteiger partial charge in [0.25, 0.3) is 0 Å². The fraction of sp³-hybridized carbons (Fsp3) is 0.968. The molecule has 0 amide bonds. The second-order valence-electron chi connectivity index (χ2n) is 29.1. The third kappa shape index (κ3) is 11.9. The number of hydrogen-bond acceptors (Lipinski definition) is 14. The smallest absolute Gasteiger partial charge is 0.124 e. The van der Waals surface area contributed by atoms with Crippen molar-refractivity contribution in [2.75, 3.05) is 0 Å². The van der Waals surface area contributed by atoms with Crippen LogP contribution in [0.2, 0.25) is 0 Å². The molecule has 0 radical (unpaired) electrons. The molecule has 4 saturated carbocycles. The molecule has 9 aliphatic rings. The molecule has 4 aliphatic carbocycles. The predicted octanol–water partition coefficient (Wildman–Crippen LogP) is 8.16. The Labute approximate surface area is 461 Å². The molecule has 14 nitrogen and oxygen atoms in total. The fourth-order valence-electron chi connectivity index (χ4n) is 18.2. The van der Waals surface area contributed by atoms with E-state index in [-0.39, 0.29) is 157 Å². The minimum atomic E-state index is -0.471. The van der Waals surface area contributed by atoms with Crippen molar-refractivity contribution in [3.63, 3.8) is 0 Å². The summed E-state index contributed by atoms with van der Waals surface area (Å²) in [5, 5.41) is 34.5. The average molecular weight is 1070 g/mol. The molecule has 0 aromatic carbocycles.